The Morgan fingerprint density at radius 2 is 2.25 bits per heavy atom. The lowest BCUT2D eigenvalue weighted by Crippen LogP contribution is -2.33. The Morgan fingerprint density at radius 1 is 1.62 bits per heavy atom. The molecule has 0 aliphatic rings. The molecule has 1 heterocycles. The number of carbonyl (C=O) groups excluding carboxylic acids is 1. The Labute approximate surface area is 94.3 Å². The number of amides is 1. The van der Waals surface area contributed by atoms with Crippen molar-refractivity contribution >= 4 is 11.7 Å². The van der Waals surface area contributed by atoms with E-state index in [9.17, 15) is 4.79 Å². The van der Waals surface area contributed by atoms with Gasteiger partial charge in [-0.05, 0) is 32.4 Å². The van der Waals surface area contributed by atoms with Gasteiger partial charge >= 0.3 is 0 Å². The molecule has 0 aliphatic heterocycles. The maximum atomic E-state index is 10.9. The van der Waals surface area contributed by atoms with Gasteiger partial charge in [0.25, 0.3) is 0 Å². The van der Waals surface area contributed by atoms with Crippen LogP contribution >= 0.6 is 0 Å². The third-order valence-electron chi connectivity index (χ3n) is 2.24. The van der Waals surface area contributed by atoms with Crippen LogP contribution in [-0.4, -0.2) is 16.9 Å². The molecule has 1 amide bonds. The second kappa shape index (κ2) is 4.62. The predicted molar refractivity (Wildman–Crippen MR) is 60.7 cm³/mol. The first-order chi connectivity index (χ1) is 7.45. The molecule has 1 unspecified atom stereocenters. The van der Waals surface area contributed by atoms with Crippen LogP contribution < -0.4 is 11.1 Å². The number of primary amides is 1. The van der Waals surface area contributed by atoms with Crippen LogP contribution in [0.15, 0.2) is 6.07 Å². The molecule has 0 radical (unpaired) electrons. The van der Waals surface area contributed by atoms with Crippen molar-refractivity contribution in [2.75, 3.05) is 5.32 Å². The predicted octanol–water partition coefficient (Wildman–Crippen LogP) is 0.856. The van der Waals surface area contributed by atoms with Gasteiger partial charge in [-0.2, -0.15) is 5.26 Å². The van der Waals surface area contributed by atoms with Crippen molar-refractivity contribution in [3.8, 4) is 6.07 Å². The Kier molecular flexibility index (Phi) is 3.46. The molecule has 0 spiro atoms. The van der Waals surface area contributed by atoms with Gasteiger partial charge in [-0.15, -0.1) is 0 Å². The molecule has 0 aliphatic carbocycles. The summed E-state index contributed by atoms with van der Waals surface area (Å²) in [7, 11) is 0. The van der Waals surface area contributed by atoms with Crippen LogP contribution in [0.3, 0.4) is 0 Å². The molecule has 5 heteroatoms. The summed E-state index contributed by atoms with van der Waals surface area (Å²) in [5.41, 5.74) is 7.20. The maximum absolute atomic E-state index is 10.9. The van der Waals surface area contributed by atoms with Crippen molar-refractivity contribution in [2.24, 2.45) is 5.73 Å². The summed E-state index contributed by atoms with van der Waals surface area (Å²) in [6.45, 7) is 5.28. The van der Waals surface area contributed by atoms with Crippen LogP contribution in [0.1, 0.15) is 23.7 Å². The van der Waals surface area contributed by atoms with E-state index in [1.165, 1.54) is 0 Å². The lowest BCUT2D eigenvalue weighted by Gasteiger charge is -2.13. The van der Waals surface area contributed by atoms with E-state index in [1.54, 1.807) is 6.92 Å². The molecule has 0 bridgehead atoms. The third-order valence-corrected chi connectivity index (χ3v) is 2.24. The molecule has 1 aromatic heterocycles. The minimum absolute atomic E-state index is 0.409. The van der Waals surface area contributed by atoms with Gasteiger partial charge in [0.05, 0.1) is 5.56 Å². The number of anilines is 1. The zero-order valence-corrected chi connectivity index (χ0v) is 9.53. The van der Waals surface area contributed by atoms with Gasteiger partial charge < -0.3 is 11.1 Å². The molecule has 0 saturated carbocycles. The van der Waals surface area contributed by atoms with Gasteiger partial charge in [-0.3, -0.25) is 4.79 Å². The molecule has 3 N–H and O–H groups in total. The molecule has 0 fully saturated rings. The van der Waals surface area contributed by atoms with Gasteiger partial charge in [-0.1, -0.05) is 0 Å². The molecular weight excluding hydrogens is 204 g/mol. The standard InChI is InChI=1S/C11H14N4O/c1-6-4-7(2)14-11(9(6)5-12)15-8(3)10(13)16/h4,8H,1-3H3,(H2,13,16)(H,14,15). The lowest BCUT2D eigenvalue weighted by molar-refractivity contribution is -0.118. The summed E-state index contributed by atoms with van der Waals surface area (Å²) in [4.78, 5) is 15.1. The number of carbonyl (C=O) groups is 1. The maximum Gasteiger partial charge on any atom is 0.239 e. The van der Waals surface area contributed by atoms with Gasteiger partial charge in [0, 0.05) is 5.69 Å². The number of nitrogens with one attached hydrogen (secondary N) is 1. The number of nitriles is 1. The van der Waals surface area contributed by atoms with E-state index in [-0.39, 0.29) is 0 Å². The smallest absolute Gasteiger partial charge is 0.239 e. The molecular formula is C11H14N4O. The average molecular weight is 218 g/mol. The first-order valence-electron chi connectivity index (χ1n) is 4.90. The summed E-state index contributed by atoms with van der Waals surface area (Å²) in [5, 5.41) is 11.8. The van der Waals surface area contributed by atoms with Crippen LogP contribution in [0, 0.1) is 25.2 Å². The van der Waals surface area contributed by atoms with E-state index in [0.29, 0.717) is 11.4 Å². The van der Waals surface area contributed by atoms with E-state index >= 15 is 0 Å². The number of aromatic nitrogens is 1. The third kappa shape index (κ3) is 2.48. The number of nitrogens with two attached hydrogens (primary N) is 1. The molecule has 0 saturated heterocycles. The Hall–Kier alpha value is -2.09. The van der Waals surface area contributed by atoms with Crippen molar-refractivity contribution < 1.29 is 4.79 Å². The molecule has 0 aromatic carbocycles. The normalized spacial score (nSPS) is 11.6. The highest BCUT2D eigenvalue weighted by atomic mass is 16.1. The van der Waals surface area contributed by atoms with Crippen molar-refractivity contribution in [1.29, 1.82) is 5.26 Å². The minimum atomic E-state index is -0.555. The first-order valence-corrected chi connectivity index (χ1v) is 4.90. The molecule has 1 aromatic rings. The second-order valence-electron chi connectivity index (χ2n) is 3.68. The summed E-state index contributed by atoms with van der Waals surface area (Å²) < 4.78 is 0. The monoisotopic (exact) mass is 218 g/mol. The summed E-state index contributed by atoms with van der Waals surface area (Å²) in [6.07, 6.45) is 0. The number of aryl methyl sites for hydroxylation is 2. The average Bonchev–Trinajstić information content (AvgIpc) is 2.16. The highest BCUT2D eigenvalue weighted by Gasteiger charge is 2.13. The van der Waals surface area contributed by atoms with E-state index in [4.69, 9.17) is 11.0 Å². The van der Waals surface area contributed by atoms with Gasteiger partial charge in [0.2, 0.25) is 5.91 Å². The fraction of sp³-hybridized carbons (Fsp3) is 0.364. The molecule has 1 rings (SSSR count). The van der Waals surface area contributed by atoms with Crippen LogP contribution in [0.4, 0.5) is 5.82 Å². The number of nitrogens with zero attached hydrogens (tertiary/aromatic N) is 2. The Morgan fingerprint density at radius 3 is 2.75 bits per heavy atom. The lowest BCUT2D eigenvalue weighted by atomic mass is 10.1. The van der Waals surface area contributed by atoms with Crippen LogP contribution in [-0.2, 0) is 4.79 Å². The van der Waals surface area contributed by atoms with Gasteiger partial charge in [0.15, 0.2) is 0 Å². The number of hydrogen-bond acceptors (Lipinski definition) is 4. The summed E-state index contributed by atoms with van der Waals surface area (Å²) >= 11 is 0. The van der Waals surface area contributed by atoms with Gasteiger partial charge in [-0.25, -0.2) is 4.98 Å². The fourth-order valence-corrected chi connectivity index (χ4v) is 1.36. The zero-order valence-electron chi connectivity index (χ0n) is 9.53. The summed E-state index contributed by atoms with van der Waals surface area (Å²) in [6, 6.07) is 3.32. The van der Waals surface area contributed by atoms with Crippen LogP contribution in [0.2, 0.25) is 0 Å². The first kappa shape index (κ1) is 12.0. The Balaban J connectivity index is 3.13. The van der Waals surface area contributed by atoms with Crippen molar-refractivity contribution in [3.05, 3.63) is 22.9 Å². The van der Waals surface area contributed by atoms with E-state index in [0.717, 1.165) is 11.3 Å². The highest BCUT2D eigenvalue weighted by Crippen LogP contribution is 2.18. The number of pyridine rings is 1. The number of rotatable bonds is 3. The van der Waals surface area contributed by atoms with Gasteiger partial charge in [0.1, 0.15) is 17.9 Å². The van der Waals surface area contributed by atoms with Crippen molar-refractivity contribution in [2.45, 2.75) is 26.8 Å². The summed E-state index contributed by atoms with van der Waals surface area (Å²) in [5.74, 6) is -0.0730. The Bertz CT molecular complexity index is 462. The highest BCUT2D eigenvalue weighted by molar-refractivity contribution is 5.82. The SMILES string of the molecule is Cc1cc(C)c(C#N)c(NC(C)C(N)=O)n1. The molecule has 5 nitrogen and oxygen atoms in total. The second-order valence-corrected chi connectivity index (χ2v) is 3.68. The van der Waals surface area contributed by atoms with E-state index in [2.05, 4.69) is 16.4 Å². The van der Waals surface area contributed by atoms with E-state index in [1.807, 2.05) is 19.9 Å². The molecule has 16 heavy (non-hydrogen) atoms. The zero-order chi connectivity index (χ0) is 12.3. The largest absolute Gasteiger partial charge is 0.368 e. The number of hydrogen-bond donors (Lipinski definition) is 2. The quantitative estimate of drug-likeness (QED) is 0.786. The van der Waals surface area contributed by atoms with Crippen LogP contribution in [0.5, 0.6) is 0 Å². The fourth-order valence-electron chi connectivity index (χ4n) is 1.36. The topological polar surface area (TPSA) is 91.8 Å². The van der Waals surface area contributed by atoms with Crippen molar-refractivity contribution in [1.82, 2.24) is 4.98 Å². The van der Waals surface area contributed by atoms with Crippen molar-refractivity contribution in [3.63, 3.8) is 0 Å². The minimum Gasteiger partial charge on any atom is -0.368 e. The molecule has 84 valence electrons. The molecule has 1 atom stereocenters. The van der Waals surface area contributed by atoms with Crippen LogP contribution in [0.25, 0.3) is 0 Å². The van der Waals surface area contributed by atoms with E-state index < -0.39 is 11.9 Å².